The number of halogens is 1. The summed E-state index contributed by atoms with van der Waals surface area (Å²) in [5.74, 6) is -1.49. The van der Waals surface area contributed by atoms with Gasteiger partial charge >= 0.3 is 5.97 Å². The molecule has 0 bridgehead atoms. The predicted molar refractivity (Wildman–Crippen MR) is 88.9 cm³/mol. The monoisotopic (exact) mass is 347 g/mol. The summed E-state index contributed by atoms with van der Waals surface area (Å²) in [6, 6.07) is 9.39. The van der Waals surface area contributed by atoms with Crippen LogP contribution in [-0.4, -0.2) is 29.4 Å². The molecular weight excluding hydrogens is 334 g/mol. The number of carbonyl (C=O) groups excluding carboxylic acids is 3. The second-order valence-electron chi connectivity index (χ2n) is 4.73. The molecule has 2 rings (SSSR count). The summed E-state index contributed by atoms with van der Waals surface area (Å²) in [6.07, 6.45) is 1.49. The fourth-order valence-electron chi connectivity index (χ4n) is 1.81. The summed E-state index contributed by atoms with van der Waals surface area (Å²) in [6.45, 7) is 0.882. The second kappa shape index (κ2) is 8.07. The Labute approximate surface area is 143 Å². The van der Waals surface area contributed by atoms with Crippen LogP contribution in [0.1, 0.15) is 17.3 Å². The number of aromatic nitrogens is 1. The molecule has 1 heterocycles. The number of pyridine rings is 1. The first-order valence-electron chi connectivity index (χ1n) is 6.91. The zero-order valence-corrected chi connectivity index (χ0v) is 13.5. The van der Waals surface area contributed by atoms with Gasteiger partial charge in [-0.05, 0) is 30.3 Å². The van der Waals surface area contributed by atoms with Gasteiger partial charge in [0.25, 0.3) is 5.91 Å². The number of benzene rings is 1. The van der Waals surface area contributed by atoms with Gasteiger partial charge in [-0.3, -0.25) is 9.59 Å². The molecule has 0 aliphatic rings. The van der Waals surface area contributed by atoms with Crippen molar-refractivity contribution < 1.29 is 19.1 Å². The summed E-state index contributed by atoms with van der Waals surface area (Å²) in [7, 11) is 0. The summed E-state index contributed by atoms with van der Waals surface area (Å²) in [4.78, 5) is 38.6. The van der Waals surface area contributed by atoms with Gasteiger partial charge in [0.05, 0.1) is 11.3 Å². The van der Waals surface area contributed by atoms with Crippen LogP contribution in [0, 0.1) is 0 Å². The van der Waals surface area contributed by atoms with Gasteiger partial charge < -0.3 is 15.4 Å². The van der Waals surface area contributed by atoms with Crippen LogP contribution < -0.4 is 10.6 Å². The number of amides is 2. The average molecular weight is 348 g/mol. The Kier molecular flexibility index (Phi) is 5.86. The van der Waals surface area contributed by atoms with E-state index in [0.29, 0.717) is 11.4 Å². The first kappa shape index (κ1) is 17.4. The third kappa shape index (κ3) is 5.06. The van der Waals surface area contributed by atoms with Crippen LogP contribution in [0.25, 0.3) is 0 Å². The molecule has 0 atom stereocenters. The maximum atomic E-state index is 12.0. The molecule has 124 valence electrons. The van der Waals surface area contributed by atoms with Gasteiger partial charge in [-0.1, -0.05) is 17.7 Å². The van der Waals surface area contributed by atoms with E-state index in [1.54, 1.807) is 24.3 Å². The molecule has 1 aromatic heterocycles. The second-order valence-corrected chi connectivity index (χ2v) is 5.09. The Morgan fingerprint density at radius 3 is 2.67 bits per heavy atom. The van der Waals surface area contributed by atoms with E-state index >= 15 is 0 Å². The Balaban J connectivity index is 1.92. The Hall–Kier alpha value is -2.93. The van der Waals surface area contributed by atoms with E-state index < -0.39 is 18.5 Å². The van der Waals surface area contributed by atoms with E-state index in [1.807, 2.05) is 0 Å². The van der Waals surface area contributed by atoms with E-state index in [4.69, 9.17) is 16.3 Å². The number of ether oxygens (including phenoxy) is 1. The number of nitrogens with zero attached hydrogens (tertiary/aromatic N) is 1. The lowest BCUT2D eigenvalue weighted by Crippen LogP contribution is -2.21. The van der Waals surface area contributed by atoms with E-state index in [0.717, 1.165) is 0 Å². The van der Waals surface area contributed by atoms with Gasteiger partial charge in [-0.25, -0.2) is 9.78 Å². The van der Waals surface area contributed by atoms with E-state index in [9.17, 15) is 14.4 Å². The quantitative estimate of drug-likeness (QED) is 0.639. The molecule has 2 amide bonds. The fourth-order valence-corrected chi connectivity index (χ4v) is 1.97. The maximum Gasteiger partial charge on any atom is 0.338 e. The number of rotatable bonds is 5. The van der Waals surface area contributed by atoms with Crippen LogP contribution in [0.3, 0.4) is 0 Å². The zero-order valence-electron chi connectivity index (χ0n) is 12.7. The molecule has 2 aromatic rings. The summed E-state index contributed by atoms with van der Waals surface area (Å²) in [5.41, 5.74) is 1.00. The lowest BCUT2D eigenvalue weighted by molar-refractivity contribution is -0.119. The molecule has 0 spiro atoms. The first-order chi connectivity index (χ1) is 11.5. The molecule has 0 unspecified atom stereocenters. The molecule has 0 saturated heterocycles. The van der Waals surface area contributed by atoms with Crippen LogP contribution in [0.4, 0.5) is 11.4 Å². The number of anilines is 2. The van der Waals surface area contributed by atoms with E-state index in [1.165, 1.54) is 25.3 Å². The minimum Gasteiger partial charge on any atom is -0.452 e. The first-order valence-corrected chi connectivity index (χ1v) is 7.28. The Bertz CT molecular complexity index is 779. The molecule has 0 radical (unpaired) electrons. The maximum absolute atomic E-state index is 12.0. The van der Waals surface area contributed by atoms with Gasteiger partial charge in [0.15, 0.2) is 11.8 Å². The highest BCUT2D eigenvalue weighted by Crippen LogP contribution is 2.17. The van der Waals surface area contributed by atoms with Crippen LogP contribution in [-0.2, 0) is 14.3 Å². The van der Waals surface area contributed by atoms with Crippen molar-refractivity contribution in [2.45, 2.75) is 6.92 Å². The SMILES string of the molecule is CC(=O)Nc1cccc(C(=O)OCC(=O)Nc2cccnc2Cl)c1. The Morgan fingerprint density at radius 2 is 1.96 bits per heavy atom. The molecule has 0 aliphatic heterocycles. The summed E-state index contributed by atoms with van der Waals surface area (Å²) >= 11 is 5.82. The standard InChI is InChI=1S/C16H14ClN3O4/c1-10(21)19-12-5-2-4-11(8-12)16(23)24-9-14(22)20-13-6-3-7-18-15(13)17/h2-8H,9H2,1H3,(H,19,21)(H,20,22). The van der Waals surface area contributed by atoms with Crippen molar-refractivity contribution >= 4 is 40.8 Å². The average Bonchev–Trinajstić information content (AvgIpc) is 2.54. The van der Waals surface area contributed by atoms with Gasteiger partial charge in [0.2, 0.25) is 5.91 Å². The highest BCUT2D eigenvalue weighted by atomic mass is 35.5. The predicted octanol–water partition coefficient (Wildman–Crippen LogP) is 2.49. The smallest absolute Gasteiger partial charge is 0.338 e. The molecule has 2 N–H and O–H groups in total. The lowest BCUT2D eigenvalue weighted by Gasteiger charge is -2.08. The number of esters is 1. The lowest BCUT2D eigenvalue weighted by atomic mass is 10.2. The highest BCUT2D eigenvalue weighted by molar-refractivity contribution is 6.32. The zero-order chi connectivity index (χ0) is 17.5. The normalized spacial score (nSPS) is 9.92. The van der Waals surface area contributed by atoms with Crippen molar-refractivity contribution in [3.63, 3.8) is 0 Å². The Morgan fingerprint density at radius 1 is 1.17 bits per heavy atom. The fraction of sp³-hybridized carbons (Fsp3) is 0.125. The van der Waals surface area contributed by atoms with Crippen molar-refractivity contribution in [3.8, 4) is 0 Å². The molecule has 0 aliphatic carbocycles. The van der Waals surface area contributed by atoms with Crippen molar-refractivity contribution in [2.24, 2.45) is 0 Å². The molecule has 24 heavy (non-hydrogen) atoms. The molecule has 1 aromatic carbocycles. The largest absolute Gasteiger partial charge is 0.452 e. The highest BCUT2D eigenvalue weighted by Gasteiger charge is 2.12. The van der Waals surface area contributed by atoms with Crippen LogP contribution >= 0.6 is 11.6 Å². The third-order valence-electron chi connectivity index (χ3n) is 2.79. The molecule has 7 nitrogen and oxygen atoms in total. The summed E-state index contributed by atoms with van der Waals surface area (Å²) in [5, 5.41) is 5.18. The number of hydrogen-bond donors (Lipinski definition) is 2. The van der Waals surface area contributed by atoms with E-state index in [-0.39, 0.29) is 16.6 Å². The van der Waals surface area contributed by atoms with E-state index in [2.05, 4.69) is 15.6 Å². The third-order valence-corrected chi connectivity index (χ3v) is 3.09. The van der Waals surface area contributed by atoms with Crippen molar-refractivity contribution in [1.29, 1.82) is 0 Å². The number of carbonyl (C=O) groups is 3. The van der Waals surface area contributed by atoms with Crippen molar-refractivity contribution in [1.82, 2.24) is 4.98 Å². The number of hydrogen-bond acceptors (Lipinski definition) is 5. The molecule has 8 heteroatoms. The van der Waals surface area contributed by atoms with Crippen LogP contribution in [0.15, 0.2) is 42.6 Å². The van der Waals surface area contributed by atoms with Gasteiger partial charge in [-0.2, -0.15) is 0 Å². The van der Waals surface area contributed by atoms with Crippen molar-refractivity contribution in [2.75, 3.05) is 17.2 Å². The van der Waals surface area contributed by atoms with Crippen LogP contribution in [0.2, 0.25) is 5.15 Å². The summed E-state index contributed by atoms with van der Waals surface area (Å²) < 4.78 is 4.93. The molecular formula is C16H14ClN3O4. The van der Waals surface area contributed by atoms with Crippen LogP contribution in [0.5, 0.6) is 0 Å². The molecule has 0 saturated carbocycles. The van der Waals surface area contributed by atoms with Gasteiger partial charge in [0, 0.05) is 18.8 Å². The van der Waals surface area contributed by atoms with Crippen molar-refractivity contribution in [3.05, 3.63) is 53.3 Å². The number of nitrogens with one attached hydrogen (secondary N) is 2. The van der Waals surface area contributed by atoms with Gasteiger partial charge in [-0.15, -0.1) is 0 Å². The minimum absolute atomic E-state index is 0.139. The minimum atomic E-state index is -0.686. The molecule has 0 fully saturated rings. The van der Waals surface area contributed by atoms with Gasteiger partial charge in [0.1, 0.15) is 0 Å². The topological polar surface area (TPSA) is 97.4 Å².